The van der Waals surface area contributed by atoms with Crippen LogP contribution in [0.2, 0.25) is 0 Å². The van der Waals surface area contributed by atoms with Gasteiger partial charge in [-0.05, 0) is 0 Å². The van der Waals surface area contributed by atoms with E-state index in [0.29, 0.717) is 0 Å². The lowest BCUT2D eigenvalue weighted by atomic mass is 10.6. The van der Waals surface area contributed by atoms with Crippen LogP contribution in [0.1, 0.15) is 0 Å². The Bertz CT molecular complexity index is 260. The molecule has 0 bridgehead atoms. The zero-order valence-corrected chi connectivity index (χ0v) is 4.60. The number of nitrogens with two attached hydrogens (primary N) is 1. The molecule has 0 unspecified atom stereocenters. The van der Waals surface area contributed by atoms with Gasteiger partial charge in [0.1, 0.15) is 4.91 Å². The highest BCUT2D eigenvalue weighted by Crippen LogP contribution is 2.23. The highest BCUT2D eigenvalue weighted by Gasteiger charge is 2.34. The Morgan fingerprint density at radius 3 is 2.00 bits per heavy atom. The largest absolute Gasteiger partial charge is 0.365 e. The summed E-state index contributed by atoms with van der Waals surface area (Å²) in [4.78, 5) is 9.69. The van der Waals surface area contributed by atoms with E-state index in [1.54, 1.807) is 0 Å². The third kappa shape index (κ3) is 0.604. The summed E-state index contributed by atoms with van der Waals surface area (Å²) >= 11 is 0. The number of rotatable bonds is 1. The Labute approximate surface area is 45.9 Å². The van der Waals surface area contributed by atoms with Crippen molar-refractivity contribution in [2.75, 3.05) is 0 Å². The smallest absolute Gasteiger partial charge is 0.261 e. The van der Waals surface area contributed by atoms with Gasteiger partial charge in [0.2, 0.25) is 9.84 Å². The van der Waals surface area contributed by atoms with Gasteiger partial charge in [0.25, 0.3) is 5.91 Å². The van der Waals surface area contributed by atoms with E-state index in [1.807, 2.05) is 0 Å². The van der Waals surface area contributed by atoms with Crippen LogP contribution >= 0.6 is 0 Å². The Hall–Kier alpha value is -0.840. The van der Waals surface area contributed by atoms with Crippen LogP contribution in [0.4, 0.5) is 0 Å². The Kier molecular flexibility index (Phi) is 0.735. The van der Waals surface area contributed by atoms with Gasteiger partial charge in [-0.2, -0.15) is 0 Å². The zero-order chi connectivity index (χ0) is 6.36. The van der Waals surface area contributed by atoms with Crippen molar-refractivity contribution in [1.82, 2.24) is 0 Å². The van der Waals surface area contributed by atoms with E-state index in [9.17, 15) is 13.2 Å². The van der Waals surface area contributed by atoms with E-state index >= 15 is 0 Å². The number of amides is 1. The maximum Gasteiger partial charge on any atom is 0.261 e. The molecule has 0 saturated heterocycles. The quantitative estimate of drug-likeness (QED) is 0.485. The zero-order valence-electron chi connectivity index (χ0n) is 3.79. The standard InChI is InChI=1S/C3H3NO3S/c4-3(5)2-1-8(2,6)7/h1H,(H2,4,5). The molecule has 2 N–H and O–H groups in total. The van der Waals surface area contributed by atoms with Crippen LogP contribution in [0.3, 0.4) is 0 Å². The first kappa shape index (κ1) is 5.30. The van der Waals surface area contributed by atoms with Crippen molar-refractivity contribution in [2.24, 2.45) is 5.73 Å². The lowest BCUT2D eigenvalue weighted by Gasteiger charge is -1.73. The average Bonchev–Trinajstić information content (AvgIpc) is 2.13. The van der Waals surface area contributed by atoms with Crippen molar-refractivity contribution in [2.45, 2.75) is 0 Å². The first-order valence-corrected chi connectivity index (χ1v) is 3.35. The molecule has 0 fully saturated rings. The van der Waals surface area contributed by atoms with Crippen molar-refractivity contribution in [3.05, 3.63) is 10.3 Å². The third-order valence-electron chi connectivity index (χ3n) is 0.754. The van der Waals surface area contributed by atoms with Gasteiger partial charge in [-0.25, -0.2) is 8.42 Å². The highest BCUT2D eigenvalue weighted by atomic mass is 32.2. The molecule has 0 atom stereocenters. The summed E-state index contributed by atoms with van der Waals surface area (Å²) in [5.41, 5.74) is 4.59. The number of sulfone groups is 1. The summed E-state index contributed by atoms with van der Waals surface area (Å²) < 4.78 is 20.2. The van der Waals surface area contributed by atoms with E-state index in [0.717, 1.165) is 5.41 Å². The molecule has 1 amide bonds. The first-order valence-electron chi connectivity index (χ1n) is 1.80. The molecule has 0 aliphatic carbocycles. The Morgan fingerprint density at radius 1 is 1.62 bits per heavy atom. The molecule has 5 heteroatoms. The van der Waals surface area contributed by atoms with Crippen LogP contribution in [-0.4, -0.2) is 14.3 Å². The van der Waals surface area contributed by atoms with E-state index < -0.39 is 15.7 Å². The molecule has 0 aromatic rings. The fourth-order valence-corrected chi connectivity index (χ4v) is 1.18. The second kappa shape index (κ2) is 1.11. The predicted octanol–water partition coefficient (Wildman–Crippen LogP) is -1.26. The first-order chi connectivity index (χ1) is 3.54. The SMILES string of the molecule is NC(=O)C1=CS1(=O)=O. The van der Waals surface area contributed by atoms with Crippen molar-refractivity contribution in [3.63, 3.8) is 0 Å². The van der Waals surface area contributed by atoms with Gasteiger partial charge < -0.3 is 5.73 Å². The molecule has 1 heterocycles. The van der Waals surface area contributed by atoms with Crippen LogP contribution in [0, 0.1) is 0 Å². The molecular weight excluding hydrogens is 130 g/mol. The number of hydrogen-bond donors (Lipinski definition) is 1. The summed E-state index contributed by atoms with van der Waals surface area (Å²) in [6, 6.07) is 0. The summed E-state index contributed by atoms with van der Waals surface area (Å²) in [6.45, 7) is 0. The van der Waals surface area contributed by atoms with Gasteiger partial charge in [-0.1, -0.05) is 0 Å². The second-order valence-corrected chi connectivity index (χ2v) is 3.16. The van der Waals surface area contributed by atoms with Gasteiger partial charge in [-0.3, -0.25) is 4.79 Å². The molecule has 1 aliphatic rings. The van der Waals surface area contributed by atoms with Crippen molar-refractivity contribution < 1.29 is 13.2 Å². The minimum atomic E-state index is -3.24. The summed E-state index contributed by atoms with van der Waals surface area (Å²) in [5.74, 6) is -0.870. The van der Waals surface area contributed by atoms with Crippen molar-refractivity contribution in [3.8, 4) is 0 Å². The van der Waals surface area contributed by atoms with E-state index in [2.05, 4.69) is 5.73 Å². The summed E-state index contributed by atoms with van der Waals surface area (Å²) in [5, 5.41) is 0.843. The lowest BCUT2D eigenvalue weighted by molar-refractivity contribution is -0.113. The molecule has 4 nitrogen and oxygen atoms in total. The Morgan fingerprint density at radius 2 is 2.00 bits per heavy atom. The maximum atomic E-state index is 10.1. The normalized spacial score (nSPS) is 21.8. The van der Waals surface area contributed by atoms with E-state index in [-0.39, 0.29) is 4.91 Å². The van der Waals surface area contributed by atoms with Crippen LogP contribution < -0.4 is 5.73 Å². The number of hydrogen-bond acceptors (Lipinski definition) is 3. The van der Waals surface area contributed by atoms with Crippen LogP contribution in [0.25, 0.3) is 0 Å². The molecule has 0 aromatic heterocycles. The van der Waals surface area contributed by atoms with Crippen molar-refractivity contribution in [1.29, 1.82) is 0 Å². The maximum absolute atomic E-state index is 10.1. The molecular formula is C3H3NO3S. The van der Waals surface area contributed by atoms with E-state index in [1.165, 1.54) is 0 Å². The van der Waals surface area contributed by atoms with Crippen LogP contribution in [-0.2, 0) is 14.6 Å². The fraction of sp³-hybridized carbons (Fsp3) is 0. The van der Waals surface area contributed by atoms with Crippen LogP contribution in [0.15, 0.2) is 10.3 Å². The molecule has 0 radical (unpaired) electrons. The number of carbonyl (C=O) groups excluding carboxylic acids is 1. The highest BCUT2D eigenvalue weighted by molar-refractivity contribution is 8.05. The molecule has 8 heavy (non-hydrogen) atoms. The summed E-state index contributed by atoms with van der Waals surface area (Å²) in [7, 11) is -3.24. The van der Waals surface area contributed by atoms with Crippen LogP contribution in [0.5, 0.6) is 0 Å². The second-order valence-electron chi connectivity index (χ2n) is 1.39. The number of primary amides is 1. The van der Waals surface area contributed by atoms with Gasteiger partial charge in [0.05, 0.1) is 5.41 Å². The number of carbonyl (C=O) groups is 1. The van der Waals surface area contributed by atoms with Gasteiger partial charge in [-0.15, -0.1) is 0 Å². The van der Waals surface area contributed by atoms with Gasteiger partial charge >= 0.3 is 0 Å². The molecule has 0 spiro atoms. The van der Waals surface area contributed by atoms with Gasteiger partial charge in [0, 0.05) is 0 Å². The Balaban J connectivity index is 2.89. The monoisotopic (exact) mass is 133 g/mol. The molecule has 1 aliphatic heterocycles. The van der Waals surface area contributed by atoms with Crippen molar-refractivity contribution >= 4 is 15.7 Å². The minimum Gasteiger partial charge on any atom is -0.365 e. The van der Waals surface area contributed by atoms with E-state index in [4.69, 9.17) is 0 Å². The predicted molar refractivity (Wildman–Crippen MR) is 26.2 cm³/mol. The molecule has 0 aromatic carbocycles. The third-order valence-corrected chi connectivity index (χ3v) is 1.98. The lowest BCUT2D eigenvalue weighted by Crippen LogP contribution is -2.09. The molecule has 0 saturated carbocycles. The van der Waals surface area contributed by atoms with Gasteiger partial charge in [0.15, 0.2) is 0 Å². The molecule has 44 valence electrons. The minimum absolute atomic E-state index is 0.266. The summed E-state index contributed by atoms with van der Waals surface area (Å²) in [6.07, 6.45) is 0. The fourth-order valence-electron chi connectivity index (χ4n) is 0.315. The average molecular weight is 133 g/mol. The molecule has 1 rings (SSSR count). The topological polar surface area (TPSA) is 77.2 Å².